The maximum Gasteiger partial charge on any atom is 0.305 e. The lowest BCUT2D eigenvalue weighted by atomic mass is 9.99. The summed E-state index contributed by atoms with van der Waals surface area (Å²) in [5.74, 6) is -0.356. The molecule has 0 aromatic heterocycles. The Morgan fingerprint density at radius 2 is 1.65 bits per heavy atom. The van der Waals surface area contributed by atoms with Crippen LogP contribution in [0.1, 0.15) is 51.9 Å². The zero-order valence-electron chi connectivity index (χ0n) is 14.0. The Bertz CT molecular complexity index is 334. The van der Waals surface area contributed by atoms with Crippen molar-refractivity contribution in [2.75, 3.05) is 13.7 Å². The Hall–Kier alpha value is -0.730. The number of hydrogen-bond donors (Lipinski definition) is 3. The highest BCUT2D eigenvalue weighted by Gasteiger charge is 2.44. The molecule has 7 heteroatoms. The van der Waals surface area contributed by atoms with E-state index in [1.54, 1.807) is 0 Å². The number of carbonyl (C=O) groups excluding carboxylic acids is 1. The Labute approximate surface area is 137 Å². The van der Waals surface area contributed by atoms with Gasteiger partial charge in [0.25, 0.3) is 0 Å². The fraction of sp³-hybridized carbons (Fsp3) is 0.938. The van der Waals surface area contributed by atoms with Crippen LogP contribution < -0.4 is 0 Å². The van der Waals surface area contributed by atoms with Gasteiger partial charge in [-0.2, -0.15) is 0 Å². The lowest BCUT2D eigenvalue weighted by Crippen LogP contribution is -2.59. The molecule has 1 aliphatic rings. The third kappa shape index (κ3) is 6.73. The minimum absolute atomic E-state index is 0.181. The van der Waals surface area contributed by atoms with Gasteiger partial charge in [0.2, 0.25) is 0 Å². The van der Waals surface area contributed by atoms with Crippen molar-refractivity contribution in [1.82, 2.24) is 0 Å². The van der Waals surface area contributed by atoms with E-state index >= 15 is 0 Å². The van der Waals surface area contributed by atoms with Gasteiger partial charge in [0.05, 0.1) is 0 Å². The highest BCUT2D eigenvalue weighted by molar-refractivity contribution is 5.69. The SMILES string of the molecule is CCCCCCCCC(=O)OC[C@H]1OC(OC)[C@H](O)[C@@H](O)[C@@H]1O. The van der Waals surface area contributed by atoms with Gasteiger partial charge in [-0.15, -0.1) is 0 Å². The topological polar surface area (TPSA) is 105 Å². The zero-order chi connectivity index (χ0) is 17.2. The van der Waals surface area contributed by atoms with Crippen molar-refractivity contribution in [2.45, 2.75) is 82.6 Å². The van der Waals surface area contributed by atoms with E-state index in [2.05, 4.69) is 6.92 Å². The summed E-state index contributed by atoms with van der Waals surface area (Å²) in [4.78, 5) is 11.7. The van der Waals surface area contributed by atoms with Crippen LogP contribution in [-0.4, -0.2) is 65.7 Å². The number of rotatable bonds is 10. The number of aliphatic hydroxyl groups excluding tert-OH is 3. The minimum Gasteiger partial charge on any atom is -0.463 e. The highest BCUT2D eigenvalue weighted by Crippen LogP contribution is 2.22. The molecule has 23 heavy (non-hydrogen) atoms. The average molecular weight is 334 g/mol. The molecule has 0 aromatic carbocycles. The van der Waals surface area contributed by atoms with Crippen LogP contribution in [0.15, 0.2) is 0 Å². The quantitative estimate of drug-likeness (QED) is 0.399. The van der Waals surface area contributed by atoms with E-state index in [-0.39, 0.29) is 12.6 Å². The van der Waals surface area contributed by atoms with Gasteiger partial charge < -0.3 is 29.5 Å². The normalized spacial score (nSPS) is 31.1. The van der Waals surface area contributed by atoms with Gasteiger partial charge in [-0.05, 0) is 6.42 Å². The number of unbranched alkanes of at least 4 members (excludes halogenated alkanes) is 5. The van der Waals surface area contributed by atoms with Gasteiger partial charge in [0.15, 0.2) is 6.29 Å². The molecule has 0 amide bonds. The van der Waals surface area contributed by atoms with Gasteiger partial charge in [-0.25, -0.2) is 0 Å². The van der Waals surface area contributed by atoms with E-state index in [0.29, 0.717) is 6.42 Å². The fourth-order valence-electron chi connectivity index (χ4n) is 2.55. The number of esters is 1. The van der Waals surface area contributed by atoms with Crippen molar-refractivity contribution >= 4 is 5.97 Å². The lowest BCUT2D eigenvalue weighted by molar-refractivity contribution is -0.295. The molecule has 136 valence electrons. The van der Waals surface area contributed by atoms with Crippen LogP contribution >= 0.6 is 0 Å². The highest BCUT2D eigenvalue weighted by atomic mass is 16.7. The van der Waals surface area contributed by atoms with Gasteiger partial charge in [0.1, 0.15) is 31.0 Å². The van der Waals surface area contributed by atoms with Crippen molar-refractivity contribution in [3.05, 3.63) is 0 Å². The van der Waals surface area contributed by atoms with Crippen molar-refractivity contribution in [1.29, 1.82) is 0 Å². The molecule has 5 atom stereocenters. The summed E-state index contributed by atoms with van der Waals surface area (Å²) < 4.78 is 15.3. The molecular weight excluding hydrogens is 304 g/mol. The van der Waals surface area contributed by atoms with Crippen LogP contribution in [0.4, 0.5) is 0 Å². The molecule has 1 aliphatic heterocycles. The second kappa shape index (κ2) is 10.9. The molecule has 3 N–H and O–H groups in total. The summed E-state index contributed by atoms with van der Waals surface area (Å²) in [5, 5.41) is 29.2. The summed E-state index contributed by atoms with van der Waals surface area (Å²) in [6.07, 6.45) is 0.741. The number of aliphatic hydroxyl groups is 3. The average Bonchev–Trinajstić information content (AvgIpc) is 2.55. The smallest absolute Gasteiger partial charge is 0.305 e. The third-order valence-corrected chi connectivity index (χ3v) is 4.04. The first-order chi connectivity index (χ1) is 11.0. The monoisotopic (exact) mass is 334 g/mol. The van der Waals surface area contributed by atoms with Gasteiger partial charge >= 0.3 is 5.97 Å². The molecule has 0 radical (unpaired) electrons. The maximum absolute atomic E-state index is 11.7. The van der Waals surface area contributed by atoms with E-state index in [0.717, 1.165) is 19.3 Å². The molecule has 1 saturated heterocycles. The van der Waals surface area contributed by atoms with Gasteiger partial charge in [-0.1, -0.05) is 39.0 Å². The van der Waals surface area contributed by atoms with E-state index in [1.807, 2.05) is 0 Å². The molecule has 1 unspecified atom stereocenters. The van der Waals surface area contributed by atoms with Crippen LogP contribution in [0.25, 0.3) is 0 Å². The van der Waals surface area contributed by atoms with Crippen molar-refractivity contribution in [2.24, 2.45) is 0 Å². The Morgan fingerprint density at radius 3 is 2.30 bits per heavy atom. The summed E-state index contributed by atoms with van der Waals surface area (Å²) in [6.45, 7) is 1.97. The standard InChI is InChI=1S/C16H30O7/c1-3-4-5-6-7-8-9-12(17)22-10-11-13(18)14(19)15(20)16(21-2)23-11/h11,13-16,18-20H,3-10H2,1-2H3/t11-,13-,14+,15-,16?/m1/s1. The molecule has 1 fully saturated rings. The number of carbonyl (C=O) groups is 1. The largest absolute Gasteiger partial charge is 0.463 e. The fourth-order valence-corrected chi connectivity index (χ4v) is 2.55. The Balaban J connectivity index is 2.24. The predicted octanol–water partition coefficient (Wildman–Crippen LogP) is 0.734. The molecule has 0 saturated carbocycles. The van der Waals surface area contributed by atoms with Crippen LogP contribution in [0, 0.1) is 0 Å². The summed E-state index contributed by atoms with van der Waals surface area (Å²) in [6, 6.07) is 0. The molecule has 0 spiro atoms. The molecule has 0 aromatic rings. The second-order valence-corrected chi connectivity index (χ2v) is 5.95. The first-order valence-corrected chi connectivity index (χ1v) is 8.39. The maximum atomic E-state index is 11.7. The second-order valence-electron chi connectivity index (χ2n) is 5.95. The number of methoxy groups -OCH3 is 1. The first-order valence-electron chi connectivity index (χ1n) is 8.39. The Morgan fingerprint density at radius 1 is 1.00 bits per heavy atom. The van der Waals surface area contributed by atoms with Crippen LogP contribution in [0.2, 0.25) is 0 Å². The molecule has 0 bridgehead atoms. The van der Waals surface area contributed by atoms with E-state index in [9.17, 15) is 20.1 Å². The van der Waals surface area contributed by atoms with Gasteiger partial charge in [-0.3, -0.25) is 4.79 Å². The number of ether oxygens (including phenoxy) is 3. The summed E-state index contributed by atoms with van der Waals surface area (Å²) in [7, 11) is 1.32. The van der Waals surface area contributed by atoms with Crippen LogP contribution in [-0.2, 0) is 19.0 Å². The first kappa shape index (κ1) is 20.3. The van der Waals surface area contributed by atoms with Gasteiger partial charge in [0, 0.05) is 13.5 Å². The van der Waals surface area contributed by atoms with Crippen molar-refractivity contribution in [3.8, 4) is 0 Å². The molecule has 7 nitrogen and oxygen atoms in total. The zero-order valence-corrected chi connectivity index (χ0v) is 14.0. The van der Waals surface area contributed by atoms with E-state index in [4.69, 9.17) is 14.2 Å². The summed E-state index contributed by atoms with van der Waals surface area (Å²) >= 11 is 0. The van der Waals surface area contributed by atoms with Crippen molar-refractivity contribution < 1.29 is 34.3 Å². The third-order valence-electron chi connectivity index (χ3n) is 4.04. The molecular formula is C16H30O7. The molecule has 1 rings (SSSR count). The van der Waals surface area contributed by atoms with E-state index in [1.165, 1.54) is 26.4 Å². The lowest BCUT2D eigenvalue weighted by Gasteiger charge is -2.39. The summed E-state index contributed by atoms with van der Waals surface area (Å²) in [5.41, 5.74) is 0. The number of hydrogen-bond acceptors (Lipinski definition) is 7. The predicted molar refractivity (Wildman–Crippen MR) is 82.6 cm³/mol. The van der Waals surface area contributed by atoms with Crippen LogP contribution in [0.5, 0.6) is 0 Å². The van der Waals surface area contributed by atoms with Crippen LogP contribution in [0.3, 0.4) is 0 Å². The van der Waals surface area contributed by atoms with E-state index < -0.39 is 30.7 Å². The van der Waals surface area contributed by atoms with Crippen molar-refractivity contribution in [3.63, 3.8) is 0 Å². The molecule has 1 heterocycles. The molecule has 0 aliphatic carbocycles. The minimum atomic E-state index is -1.41. The Kier molecular flexibility index (Phi) is 9.66.